The fraction of sp³-hybridized carbons (Fsp3) is 0.389. The second kappa shape index (κ2) is 8.37. The quantitative estimate of drug-likeness (QED) is 0.616. The summed E-state index contributed by atoms with van der Waals surface area (Å²) in [4.78, 5) is 34.9. The number of fused-ring (bicyclic) bond motifs is 1. The van der Waals surface area contributed by atoms with Crippen LogP contribution in [-0.2, 0) is 10.5 Å². The number of thiophene rings is 2. The van der Waals surface area contributed by atoms with E-state index in [0.29, 0.717) is 22.7 Å². The Balaban J connectivity index is 1.72. The highest BCUT2D eigenvalue weighted by Crippen LogP contribution is 2.35. The highest BCUT2D eigenvalue weighted by Gasteiger charge is 2.14. The molecule has 8 heteroatoms. The average molecular weight is 408 g/mol. The first-order valence-electron chi connectivity index (χ1n) is 8.42. The van der Waals surface area contributed by atoms with Gasteiger partial charge in [0.2, 0.25) is 5.91 Å². The van der Waals surface area contributed by atoms with Gasteiger partial charge in [-0.25, -0.2) is 4.98 Å². The number of aromatic amines is 1. The Morgan fingerprint density at radius 3 is 2.92 bits per heavy atom. The number of thioether (sulfide) groups is 1. The average Bonchev–Trinajstić information content (AvgIpc) is 3.21. The Bertz CT molecular complexity index is 974. The topological polar surface area (TPSA) is 74.8 Å². The van der Waals surface area contributed by atoms with Crippen LogP contribution in [0.4, 0.5) is 0 Å². The van der Waals surface area contributed by atoms with Crippen molar-refractivity contribution in [3.63, 3.8) is 0 Å². The number of hydrogen-bond donors (Lipinski definition) is 2. The van der Waals surface area contributed by atoms with Crippen LogP contribution in [0.25, 0.3) is 20.7 Å². The number of rotatable bonds is 7. The molecule has 5 nitrogen and oxygen atoms in total. The van der Waals surface area contributed by atoms with E-state index in [1.807, 2.05) is 25.3 Å². The molecular weight excluding hydrogens is 386 g/mol. The van der Waals surface area contributed by atoms with E-state index in [4.69, 9.17) is 0 Å². The zero-order chi connectivity index (χ0) is 18.7. The van der Waals surface area contributed by atoms with Crippen molar-refractivity contribution in [3.8, 4) is 10.4 Å². The van der Waals surface area contributed by atoms with Gasteiger partial charge in [-0.15, -0.1) is 34.4 Å². The largest absolute Gasteiger partial charge is 0.353 e. The van der Waals surface area contributed by atoms with Gasteiger partial charge in [-0.05, 0) is 32.4 Å². The number of aryl methyl sites for hydroxylation is 1. The minimum absolute atomic E-state index is 0.0132. The van der Waals surface area contributed by atoms with Gasteiger partial charge >= 0.3 is 0 Å². The normalized spacial score (nSPS) is 12.4. The van der Waals surface area contributed by atoms with E-state index in [0.717, 1.165) is 21.7 Å². The lowest BCUT2D eigenvalue weighted by molar-refractivity contribution is -0.119. The van der Waals surface area contributed by atoms with Gasteiger partial charge in [0.1, 0.15) is 10.7 Å². The minimum Gasteiger partial charge on any atom is -0.353 e. The van der Waals surface area contributed by atoms with Gasteiger partial charge in [0.05, 0.1) is 16.9 Å². The van der Waals surface area contributed by atoms with Crippen LogP contribution in [0, 0.1) is 6.92 Å². The standard InChI is InChI=1S/C18H21N3O2S3/c1-4-10(2)19-15(22)9-24-8-14-20-17(23)16-12(7-25-18(16)21-14)13-6-5-11(3)26-13/h5-7,10H,4,8-9H2,1-3H3,(H,19,22)(H,20,21,23)/t10-/m0/s1. The monoisotopic (exact) mass is 407 g/mol. The molecule has 0 fully saturated rings. The first-order valence-corrected chi connectivity index (χ1v) is 11.3. The van der Waals surface area contributed by atoms with Gasteiger partial charge in [0.15, 0.2) is 0 Å². The lowest BCUT2D eigenvalue weighted by Crippen LogP contribution is -2.33. The van der Waals surface area contributed by atoms with Crippen LogP contribution < -0.4 is 10.9 Å². The molecule has 0 aliphatic rings. The van der Waals surface area contributed by atoms with Crippen LogP contribution in [0.5, 0.6) is 0 Å². The molecule has 0 bridgehead atoms. The molecule has 0 spiro atoms. The Kier molecular flexibility index (Phi) is 6.16. The molecule has 3 aromatic rings. The van der Waals surface area contributed by atoms with Gasteiger partial charge in [-0.1, -0.05) is 6.92 Å². The zero-order valence-corrected chi connectivity index (χ0v) is 17.4. The highest BCUT2D eigenvalue weighted by atomic mass is 32.2. The summed E-state index contributed by atoms with van der Waals surface area (Å²) in [7, 11) is 0. The molecule has 138 valence electrons. The summed E-state index contributed by atoms with van der Waals surface area (Å²) in [5.74, 6) is 1.49. The lowest BCUT2D eigenvalue weighted by atomic mass is 10.2. The predicted molar refractivity (Wildman–Crippen MR) is 112 cm³/mol. The number of carbonyl (C=O) groups excluding carboxylic acids is 1. The van der Waals surface area contributed by atoms with Crippen LogP contribution in [0.2, 0.25) is 0 Å². The predicted octanol–water partition coefficient (Wildman–Crippen LogP) is 4.17. The van der Waals surface area contributed by atoms with E-state index in [1.54, 1.807) is 11.3 Å². The minimum atomic E-state index is -0.114. The van der Waals surface area contributed by atoms with Gasteiger partial charge in [-0.3, -0.25) is 9.59 Å². The van der Waals surface area contributed by atoms with Gasteiger partial charge in [-0.2, -0.15) is 0 Å². The van der Waals surface area contributed by atoms with Crippen LogP contribution in [-0.4, -0.2) is 27.7 Å². The van der Waals surface area contributed by atoms with Crippen molar-refractivity contribution >= 4 is 50.6 Å². The molecule has 0 aromatic carbocycles. The Hall–Kier alpha value is -1.64. The van der Waals surface area contributed by atoms with E-state index in [9.17, 15) is 9.59 Å². The molecule has 0 aliphatic heterocycles. The molecule has 2 N–H and O–H groups in total. The molecule has 3 aromatic heterocycles. The fourth-order valence-electron chi connectivity index (χ4n) is 2.48. The Morgan fingerprint density at radius 2 is 2.23 bits per heavy atom. The van der Waals surface area contributed by atoms with Crippen molar-refractivity contribution < 1.29 is 4.79 Å². The maximum Gasteiger partial charge on any atom is 0.260 e. The van der Waals surface area contributed by atoms with Crippen LogP contribution in [0.3, 0.4) is 0 Å². The van der Waals surface area contributed by atoms with E-state index in [2.05, 4.69) is 28.3 Å². The Labute approximate surface area is 164 Å². The number of H-pyrrole nitrogens is 1. The summed E-state index contributed by atoms with van der Waals surface area (Å²) in [5, 5.41) is 5.58. The van der Waals surface area contributed by atoms with Crippen LogP contribution >= 0.6 is 34.4 Å². The maximum absolute atomic E-state index is 12.6. The summed E-state index contributed by atoms with van der Waals surface area (Å²) in [6.07, 6.45) is 0.909. The first-order chi connectivity index (χ1) is 12.5. The molecular formula is C18H21N3O2S3. The van der Waals surface area contributed by atoms with Crippen molar-refractivity contribution in [1.82, 2.24) is 15.3 Å². The van der Waals surface area contributed by atoms with Crippen molar-refractivity contribution in [1.29, 1.82) is 0 Å². The van der Waals surface area contributed by atoms with E-state index >= 15 is 0 Å². The van der Waals surface area contributed by atoms with Crippen LogP contribution in [0.15, 0.2) is 22.3 Å². The number of aromatic nitrogens is 2. The van der Waals surface area contributed by atoms with Crippen molar-refractivity contribution in [2.75, 3.05) is 5.75 Å². The SMILES string of the molecule is CC[C@H](C)NC(=O)CSCc1nc2scc(-c3ccc(C)s3)c2c(=O)[nH]1. The van der Waals surface area contributed by atoms with E-state index in [-0.39, 0.29) is 17.5 Å². The van der Waals surface area contributed by atoms with Gasteiger partial charge < -0.3 is 10.3 Å². The number of nitrogens with one attached hydrogen (secondary N) is 2. The number of amides is 1. The van der Waals surface area contributed by atoms with Gasteiger partial charge in [0.25, 0.3) is 5.56 Å². The fourth-order valence-corrected chi connectivity index (χ4v) is 5.10. The summed E-state index contributed by atoms with van der Waals surface area (Å²) in [6.45, 7) is 6.08. The van der Waals surface area contributed by atoms with E-state index < -0.39 is 0 Å². The third-order valence-electron chi connectivity index (χ3n) is 3.99. The van der Waals surface area contributed by atoms with Crippen molar-refractivity contribution in [3.05, 3.63) is 38.6 Å². The van der Waals surface area contributed by atoms with Crippen molar-refractivity contribution in [2.45, 2.75) is 39.0 Å². The number of nitrogens with zero attached hydrogens (tertiary/aromatic N) is 1. The molecule has 0 saturated heterocycles. The molecule has 0 saturated carbocycles. The molecule has 1 amide bonds. The molecule has 3 heterocycles. The third kappa shape index (κ3) is 4.36. The third-order valence-corrected chi connectivity index (χ3v) is 6.84. The first kappa shape index (κ1) is 19.1. The maximum atomic E-state index is 12.6. The van der Waals surface area contributed by atoms with Gasteiger partial charge in [0, 0.05) is 26.7 Å². The second-order valence-corrected chi connectivity index (χ2v) is 9.25. The smallest absolute Gasteiger partial charge is 0.260 e. The van der Waals surface area contributed by atoms with Crippen molar-refractivity contribution in [2.24, 2.45) is 0 Å². The number of carbonyl (C=O) groups is 1. The number of hydrogen-bond acceptors (Lipinski definition) is 6. The molecule has 0 unspecified atom stereocenters. The van der Waals surface area contributed by atoms with Crippen LogP contribution in [0.1, 0.15) is 31.0 Å². The zero-order valence-electron chi connectivity index (χ0n) is 14.9. The Morgan fingerprint density at radius 1 is 1.42 bits per heavy atom. The highest BCUT2D eigenvalue weighted by molar-refractivity contribution is 7.99. The molecule has 0 aliphatic carbocycles. The summed E-state index contributed by atoms with van der Waals surface area (Å²) in [5.41, 5.74) is 0.834. The molecule has 0 radical (unpaired) electrons. The molecule has 26 heavy (non-hydrogen) atoms. The summed E-state index contributed by atoms with van der Waals surface area (Å²) in [6, 6.07) is 4.28. The van der Waals surface area contributed by atoms with E-state index in [1.165, 1.54) is 28.0 Å². The summed E-state index contributed by atoms with van der Waals surface area (Å²) >= 11 is 4.61. The lowest BCUT2D eigenvalue weighted by Gasteiger charge is -2.10. The molecule has 3 rings (SSSR count). The summed E-state index contributed by atoms with van der Waals surface area (Å²) < 4.78 is 0. The second-order valence-electron chi connectivity index (χ2n) is 6.12. The molecule has 1 atom stereocenters.